The lowest BCUT2D eigenvalue weighted by atomic mass is 10.1. The van der Waals surface area contributed by atoms with Crippen LogP contribution in [0.3, 0.4) is 0 Å². The Balaban J connectivity index is 1.52. The molecule has 0 saturated carbocycles. The summed E-state index contributed by atoms with van der Waals surface area (Å²) in [7, 11) is -3.77. The Hall–Kier alpha value is -2.75. The van der Waals surface area contributed by atoms with Crippen LogP contribution in [-0.2, 0) is 30.8 Å². The highest BCUT2D eigenvalue weighted by Gasteiger charge is 2.34. The predicted octanol–water partition coefficient (Wildman–Crippen LogP) is 0.899. The lowest BCUT2D eigenvalue weighted by Gasteiger charge is -2.34. The highest BCUT2D eigenvalue weighted by molar-refractivity contribution is 7.89. The maximum absolute atomic E-state index is 12.9. The first-order valence-corrected chi connectivity index (χ1v) is 11.2. The van der Waals surface area contributed by atoms with Crippen molar-refractivity contribution in [1.82, 2.24) is 14.9 Å². The number of rotatable bonds is 7. The quantitative estimate of drug-likeness (QED) is 0.634. The zero-order valence-corrected chi connectivity index (χ0v) is 17.3. The average molecular weight is 432 g/mol. The van der Waals surface area contributed by atoms with Gasteiger partial charge in [-0.3, -0.25) is 9.59 Å². The van der Waals surface area contributed by atoms with E-state index >= 15 is 0 Å². The van der Waals surface area contributed by atoms with Gasteiger partial charge in [-0.1, -0.05) is 48.5 Å². The molecule has 1 fully saturated rings. The Morgan fingerprint density at radius 2 is 1.60 bits per heavy atom. The van der Waals surface area contributed by atoms with Crippen molar-refractivity contribution in [2.75, 3.05) is 26.2 Å². The molecule has 0 bridgehead atoms. The topological polar surface area (TPSA) is 105 Å². The van der Waals surface area contributed by atoms with Gasteiger partial charge in [0.05, 0.1) is 18.0 Å². The van der Waals surface area contributed by atoms with Crippen LogP contribution in [0.25, 0.3) is 0 Å². The van der Waals surface area contributed by atoms with Crippen LogP contribution in [0.15, 0.2) is 65.6 Å². The van der Waals surface area contributed by atoms with Crippen LogP contribution in [-0.4, -0.2) is 57.0 Å². The summed E-state index contributed by atoms with van der Waals surface area (Å²) >= 11 is 0. The molecule has 0 radical (unpaired) electrons. The molecule has 3 rings (SSSR count). The van der Waals surface area contributed by atoms with Gasteiger partial charge in [-0.05, 0) is 30.5 Å². The molecule has 0 aromatic heterocycles. The van der Waals surface area contributed by atoms with Crippen molar-refractivity contribution in [3.63, 3.8) is 0 Å². The molecule has 1 atom stereocenters. The summed E-state index contributed by atoms with van der Waals surface area (Å²) in [5.74, 6) is -1.59. The van der Waals surface area contributed by atoms with Crippen LogP contribution < -0.4 is 10.6 Å². The lowest BCUT2D eigenvalue weighted by Crippen LogP contribution is -2.53. The van der Waals surface area contributed by atoms with E-state index in [4.69, 9.17) is 4.74 Å². The first-order valence-electron chi connectivity index (χ1n) is 9.77. The van der Waals surface area contributed by atoms with Crippen LogP contribution in [0.5, 0.6) is 0 Å². The van der Waals surface area contributed by atoms with E-state index in [1.807, 2.05) is 30.3 Å². The molecule has 1 aliphatic rings. The molecule has 160 valence electrons. The monoisotopic (exact) mass is 431 g/mol. The molecule has 1 aliphatic heterocycles. The number of hydrogen-bond acceptors (Lipinski definition) is 5. The van der Waals surface area contributed by atoms with Crippen LogP contribution in [0.4, 0.5) is 0 Å². The number of sulfonamides is 1. The molecule has 2 aromatic rings. The number of carbonyl (C=O) groups is 2. The molecular weight excluding hydrogens is 406 g/mol. The van der Waals surface area contributed by atoms with Gasteiger partial charge in [0.1, 0.15) is 6.23 Å². The second kappa shape index (κ2) is 10.3. The standard InChI is InChI=1S/C21H25N3O5S/c25-20(22-13-12-17-8-3-1-4-9-17)21(26)23-16-19-24(14-7-15-29-19)30(27,28)18-10-5-2-6-11-18/h1-6,8-11,19H,7,12-16H2,(H,22,25)(H,23,26)/t19-/m0/s1. The molecule has 2 N–H and O–H groups in total. The van der Waals surface area contributed by atoms with Crippen molar-refractivity contribution >= 4 is 21.8 Å². The van der Waals surface area contributed by atoms with Crippen molar-refractivity contribution in [1.29, 1.82) is 0 Å². The van der Waals surface area contributed by atoms with Gasteiger partial charge in [0.2, 0.25) is 10.0 Å². The fraction of sp³-hybridized carbons (Fsp3) is 0.333. The summed E-state index contributed by atoms with van der Waals surface area (Å²) in [6.07, 6.45) is 0.288. The Kier molecular flexibility index (Phi) is 7.56. The average Bonchev–Trinajstić information content (AvgIpc) is 2.79. The zero-order valence-electron chi connectivity index (χ0n) is 16.5. The zero-order chi connectivity index (χ0) is 21.4. The maximum atomic E-state index is 12.9. The van der Waals surface area contributed by atoms with Crippen LogP contribution in [0.1, 0.15) is 12.0 Å². The molecule has 2 amide bonds. The summed E-state index contributed by atoms with van der Waals surface area (Å²) in [5, 5.41) is 5.03. The van der Waals surface area contributed by atoms with Gasteiger partial charge in [-0.25, -0.2) is 8.42 Å². The fourth-order valence-corrected chi connectivity index (χ4v) is 4.72. The van der Waals surface area contributed by atoms with Crippen LogP contribution in [0.2, 0.25) is 0 Å². The third kappa shape index (κ3) is 5.65. The molecular formula is C21H25N3O5S. The van der Waals surface area contributed by atoms with Crippen molar-refractivity contribution in [3.8, 4) is 0 Å². The predicted molar refractivity (Wildman–Crippen MR) is 111 cm³/mol. The van der Waals surface area contributed by atoms with Gasteiger partial charge in [0.25, 0.3) is 0 Å². The number of nitrogens with one attached hydrogen (secondary N) is 2. The SMILES string of the molecule is O=C(NCCc1ccccc1)C(=O)NC[C@@H]1OCCCN1S(=O)(=O)c1ccccc1. The van der Waals surface area contributed by atoms with E-state index in [0.29, 0.717) is 26.0 Å². The molecule has 0 spiro atoms. The van der Waals surface area contributed by atoms with Crippen LogP contribution >= 0.6 is 0 Å². The Morgan fingerprint density at radius 1 is 0.967 bits per heavy atom. The number of amides is 2. The third-order valence-corrected chi connectivity index (χ3v) is 6.59. The lowest BCUT2D eigenvalue weighted by molar-refractivity contribution is -0.140. The first kappa shape index (κ1) is 21.9. The molecule has 1 saturated heterocycles. The minimum absolute atomic E-state index is 0.114. The Labute approximate surface area is 176 Å². The van der Waals surface area contributed by atoms with Gasteiger partial charge in [0.15, 0.2) is 0 Å². The van der Waals surface area contributed by atoms with Crippen LogP contribution in [0, 0.1) is 0 Å². The van der Waals surface area contributed by atoms with Gasteiger partial charge in [0, 0.05) is 13.1 Å². The summed E-state index contributed by atoms with van der Waals surface area (Å²) in [4.78, 5) is 24.3. The first-order chi connectivity index (χ1) is 14.5. The minimum Gasteiger partial charge on any atom is -0.360 e. The molecule has 2 aromatic carbocycles. The number of ether oxygens (including phenoxy) is 1. The Morgan fingerprint density at radius 3 is 2.30 bits per heavy atom. The summed E-state index contributed by atoms with van der Waals surface area (Å²) in [6, 6.07) is 17.7. The number of carbonyl (C=O) groups excluding carboxylic acids is 2. The minimum atomic E-state index is -3.77. The largest absolute Gasteiger partial charge is 0.360 e. The molecule has 30 heavy (non-hydrogen) atoms. The molecule has 8 nitrogen and oxygen atoms in total. The van der Waals surface area contributed by atoms with Gasteiger partial charge >= 0.3 is 11.8 Å². The molecule has 1 heterocycles. The van der Waals surface area contributed by atoms with E-state index in [0.717, 1.165) is 5.56 Å². The van der Waals surface area contributed by atoms with Gasteiger partial charge in [-0.2, -0.15) is 4.31 Å². The molecule has 0 aliphatic carbocycles. The molecule has 9 heteroatoms. The van der Waals surface area contributed by atoms with Gasteiger partial charge < -0.3 is 15.4 Å². The summed E-state index contributed by atoms with van der Waals surface area (Å²) in [5.41, 5.74) is 1.05. The van der Waals surface area contributed by atoms with E-state index < -0.39 is 28.1 Å². The van der Waals surface area contributed by atoms with Crippen molar-refractivity contribution in [2.45, 2.75) is 24.0 Å². The highest BCUT2D eigenvalue weighted by Crippen LogP contribution is 2.21. The summed E-state index contributed by atoms with van der Waals surface area (Å²) < 4.78 is 32.6. The fourth-order valence-electron chi connectivity index (χ4n) is 3.14. The number of nitrogens with zero attached hydrogens (tertiary/aromatic N) is 1. The second-order valence-corrected chi connectivity index (χ2v) is 8.70. The normalized spacial score (nSPS) is 17.3. The smallest absolute Gasteiger partial charge is 0.309 e. The van der Waals surface area contributed by atoms with Gasteiger partial charge in [-0.15, -0.1) is 0 Å². The third-order valence-electron chi connectivity index (χ3n) is 4.69. The van der Waals surface area contributed by atoms with Crippen molar-refractivity contribution in [3.05, 3.63) is 66.2 Å². The number of hydrogen-bond donors (Lipinski definition) is 2. The second-order valence-electron chi connectivity index (χ2n) is 6.81. The van der Waals surface area contributed by atoms with E-state index in [-0.39, 0.29) is 18.0 Å². The van der Waals surface area contributed by atoms with Crippen molar-refractivity contribution < 1.29 is 22.7 Å². The van der Waals surface area contributed by atoms with E-state index in [1.54, 1.807) is 18.2 Å². The Bertz CT molecular complexity index is 951. The van der Waals surface area contributed by atoms with E-state index in [2.05, 4.69) is 10.6 Å². The van der Waals surface area contributed by atoms with Crippen molar-refractivity contribution in [2.24, 2.45) is 0 Å². The van der Waals surface area contributed by atoms with E-state index in [9.17, 15) is 18.0 Å². The maximum Gasteiger partial charge on any atom is 0.309 e. The number of benzene rings is 2. The highest BCUT2D eigenvalue weighted by atomic mass is 32.2. The molecule has 0 unspecified atom stereocenters. The summed E-state index contributed by atoms with van der Waals surface area (Å²) in [6.45, 7) is 0.868. The van der Waals surface area contributed by atoms with E-state index in [1.165, 1.54) is 16.4 Å².